The van der Waals surface area contributed by atoms with Crippen LogP contribution in [0.2, 0.25) is 0 Å². The molecule has 4 rings (SSSR count). The van der Waals surface area contributed by atoms with Crippen molar-refractivity contribution in [3.8, 4) is 0 Å². The lowest BCUT2D eigenvalue weighted by Crippen LogP contribution is -2.52. The highest BCUT2D eigenvalue weighted by Crippen LogP contribution is 2.21. The van der Waals surface area contributed by atoms with Crippen LogP contribution in [0.3, 0.4) is 0 Å². The molecule has 0 aromatic heterocycles. The van der Waals surface area contributed by atoms with E-state index < -0.39 is 6.04 Å². The van der Waals surface area contributed by atoms with Crippen molar-refractivity contribution in [1.29, 1.82) is 0 Å². The summed E-state index contributed by atoms with van der Waals surface area (Å²) in [6.45, 7) is 2.40. The minimum Gasteiger partial charge on any atom is -0.352 e. The molecule has 1 saturated carbocycles. The number of hydrogen-bond donors (Lipinski definition) is 1. The number of nitrogens with one attached hydrogen (secondary N) is 1. The van der Waals surface area contributed by atoms with Crippen molar-refractivity contribution in [2.45, 2.75) is 63.4 Å². The molecule has 3 aromatic rings. The zero-order valence-electron chi connectivity index (χ0n) is 21.4. The van der Waals surface area contributed by atoms with Gasteiger partial charge in [0.1, 0.15) is 11.9 Å². The Labute approximate surface area is 223 Å². The molecule has 1 fully saturated rings. The number of carbonyl (C=O) groups excluding carboxylic acids is 2. The second kappa shape index (κ2) is 13.4. The van der Waals surface area contributed by atoms with E-state index in [0.29, 0.717) is 18.7 Å². The summed E-state index contributed by atoms with van der Waals surface area (Å²) in [5.41, 5.74) is 4.13. The van der Waals surface area contributed by atoms with Gasteiger partial charge in [-0.25, -0.2) is 4.39 Å². The number of amides is 2. The molecule has 194 valence electrons. The third-order valence-electron chi connectivity index (χ3n) is 6.85. The van der Waals surface area contributed by atoms with E-state index in [1.165, 1.54) is 23.9 Å². The van der Waals surface area contributed by atoms with Gasteiger partial charge in [0.15, 0.2) is 0 Å². The van der Waals surface area contributed by atoms with Crippen LogP contribution in [0.4, 0.5) is 4.39 Å². The first-order valence-corrected chi connectivity index (χ1v) is 14.1. The molecule has 0 spiro atoms. The SMILES string of the molecule is Cc1ccc(CN(C(=O)CSCc2ccc(F)cc2)[C@@H](Cc2ccccc2)C(=O)NC2CCCC2)cc1. The molecular formula is C31H35FN2O2S. The minimum atomic E-state index is -0.608. The number of halogens is 1. The maximum atomic E-state index is 13.7. The second-order valence-electron chi connectivity index (χ2n) is 9.82. The Morgan fingerprint density at radius 1 is 0.919 bits per heavy atom. The van der Waals surface area contributed by atoms with Crippen molar-refractivity contribution in [3.63, 3.8) is 0 Å². The average molecular weight is 519 g/mol. The first kappa shape index (κ1) is 26.9. The number of carbonyl (C=O) groups is 2. The van der Waals surface area contributed by atoms with Crippen LogP contribution < -0.4 is 5.32 Å². The molecule has 2 amide bonds. The molecule has 0 unspecified atom stereocenters. The van der Waals surface area contributed by atoms with Gasteiger partial charge in [0.2, 0.25) is 11.8 Å². The Hall–Kier alpha value is -3.12. The molecule has 0 bridgehead atoms. The van der Waals surface area contributed by atoms with Crippen LogP contribution in [0, 0.1) is 12.7 Å². The van der Waals surface area contributed by atoms with Crippen molar-refractivity contribution in [3.05, 3.63) is 107 Å². The predicted molar refractivity (Wildman–Crippen MR) is 149 cm³/mol. The van der Waals surface area contributed by atoms with E-state index in [-0.39, 0.29) is 29.4 Å². The molecule has 1 aliphatic rings. The van der Waals surface area contributed by atoms with E-state index >= 15 is 0 Å². The van der Waals surface area contributed by atoms with Crippen molar-refractivity contribution in [2.24, 2.45) is 0 Å². The molecule has 0 aliphatic heterocycles. The Morgan fingerprint density at radius 2 is 1.57 bits per heavy atom. The summed E-state index contributed by atoms with van der Waals surface area (Å²) in [7, 11) is 0. The molecule has 0 saturated heterocycles. The quantitative estimate of drug-likeness (QED) is 0.335. The van der Waals surface area contributed by atoms with Gasteiger partial charge in [-0.3, -0.25) is 9.59 Å². The lowest BCUT2D eigenvalue weighted by molar-refractivity contribution is -0.139. The monoisotopic (exact) mass is 518 g/mol. The number of thioether (sulfide) groups is 1. The first-order valence-electron chi connectivity index (χ1n) is 13.0. The van der Waals surface area contributed by atoms with Gasteiger partial charge in [-0.1, -0.05) is 85.1 Å². The van der Waals surface area contributed by atoms with Crippen molar-refractivity contribution < 1.29 is 14.0 Å². The van der Waals surface area contributed by atoms with Crippen LogP contribution in [-0.4, -0.2) is 34.6 Å². The van der Waals surface area contributed by atoms with Gasteiger partial charge in [0, 0.05) is 24.8 Å². The van der Waals surface area contributed by atoms with Gasteiger partial charge in [-0.2, -0.15) is 0 Å². The molecule has 1 aliphatic carbocycles. The maximum absolute atomic E-state index is 13.7. The van der Waals surface area contributed by atoms with E-state index in [4.69, 9.17) is 0 Å². The summed E-state index contributed by atoms with van der Waals surface area (Å²) >= 11 is 1.48. The summed E-state index contributed by atoms with van der Waals surface area (Å²) in [5, 5.41) is 3.24. The smallest absolute Gasteiger partial charge is 0.243 e. The Kier molecular flexibility index (Phi) is 9.78. The van der Waals surface area contributed by atoms with Crippen molar-refractivity contribution in [1.82, 2.24) is 10.2 Å². The van der Waals surface area contributed by atoms with Gasteiger partial charge in [-0.05, 0) is 48.6 Å². The third kappa shape index (κ3) is 8.19. The first-order chi connectivity index (χ1) is 18.0. The molecule has 37 heavy (non-hydrogen) atoms. The zero-order chi connectivity index (χ0) is 26.0. The topological polar surface area (TPSA) is 49.4 Å². The van der Waals surface area contributed by atoms with Crippen LogP contribution in [0.5, 0.6) is 0 Å². The Morgan fingerprint density at radius 3 is 2.24 bits per heavy atom. The summed E-state index contributed by atoms with van der Waals surface area (Å²) in [6, 6.07) is 23.9. The Balaban J connectivity index is 1.55. The summed E-state index contributed by atoms with van der Waals surface area (Å²) in [5.74, 6) is 0.411. The highest BCUT2D eigenvalue weighted by atomic mass is 32.2. The fraction of sp³-hybridized carbons (Fsp3) is 0.355. The third-order valence-corrected chi connectivity index (χ3v) is 7.84. The number of aryl methyl sites for hydroxylation is 1. The number of hydrogen-bond acceptors (Lipinski definition) is 3. The zero-order valence-corrected chi connectivity index (χ0v) is 22.2. The van der Waals surface area contributed by atoms with E-state index in [9.17, 15) is 14.0 Å². The van der Waals surface area contributed by atoms with E-state index in [2.05, 4.69) is 5.32 Å². The van der Waals surface area contributed by atoms with Crippen LogP contribution in [0.15, 0.2) is 78.9 Å². The fourth-order valence-electron chi connectivity index (χ4n) is 4.73. The van der Waals surface area contributed by atoms with Crippen LogP contribution in [0.25, 0.3) is 0 Å². The van der Waals surface area contributed by atoms with Gasteiger partial charge in [0.05, 0.1) is 5.75 Å². The molecule has 0 radical (unpaired) electrons. The van der Waals surface area contributed by atoms with Crippen LogP contribution >= 0.6 is 11.8 Å². The molecule has 1 atom stereocenters. The van der Waals surface area contributed by atoms with Gasteiger partial charge < -0.3 is 10.2 Å². The van der Waals surface area contributed by atoms with Gasteiger partial charge in [-0.15, -0.1) is 11.8 Å². The average Bonchev–Trinajstić information content (AvgIpc) is 3.42. The minimum absolute atomic E-state index is 0.0739. The number of rotatable bonds is 11. The predicted octanol–water partition coefficient (Wildman–Crippen LogP) is 6.07. The molecule has 1 N–H and O–H groups in total. The lowest BCUT2D eigenvalue weighted by Gasteiger charge is -2.32. The molecule has 0 heterocycles. The van der Waals surface area contributed by atoms with Crippen LogP contribution in [0.1, 0.15) is 47.9 Å². The van der Waals surface area contributed by atoms with E-state index in [1.54, 1.807) is 17.0 Å². The van der Waals surface area contributed by atoms with E-state index in [0.717, 1.165) is 47.9 Å². The van der Waals surface area contributed by atoms with Crippen molar-refractivity contribution >= 4 is 23.6 Å². The lowest BCUT2D eigenvalue weighted by atomic mass is 10.0. The largest absolute Gasteiger partial charge is 0.352 e. The second-order valence-corrected chi connectivity index (χ2v) is 10.8. The van der Waals surface area contributed by atoms with Crippen LogP contribution in [-0.2, 0) is 28.3 Å². The molecule has 6 heteroatoms. The molecule has 4 nitrogen and oxygen atoms in total. The number of nitrogens with zero attached hydrogens (tertiary/aromatic N) is 1. The summed E-state index contributed by atoms with van der Waals surface area (Å²) < 4.78 is 13.3. The van der Waals surface area contributed by atoms with Gasteiger partial charge in [0.25, 0.3) is 0 Å². The molecular weight excluding hydrogens is 483 g/mol. The van der Waals surface area contributed by atoms with Gasteiger partial charge >= 0.3 is 0 Å². The summed E-state index contributed by atoms with van der Waals surface area (Å²) in [4.78, 5) is 29.1. The van der Waals surface area contributed by atoms with E-state index in [1.807, 2.05) is 61.5 Å². The van der Waals surface area contributed by atoms with Crippen molar-refractivity contribution in [2.75, 3.05) is 5.75 Å². The fourth-order valence-corrected chi connectivity index (χ4v) is 5.60. The normalized spacial score (nSPS) is 14.3. The maximum Gasteiger partial charge on any atom is 0.243 e. The standard InChI is InChI=1S/C31H35FN2O2S/c1-23-11-13-25(14-12-23)20-34(30(35)22-37-21-26-15-17-27(32)18-16-26)29(19-24-7-3-2-4-8-24)31(36)33-28-9-5-6-10-28/h2-4,7-8,11-18,28-29H,5-6,9-10,19-22H2,1H3,(H,33,36)/t29-/m0/s1. The highest BCUT2D eigenvalue weighted by molar-refractivity contribution is 7.99. The number of benzene rings is 3. The molecule has 3 aromatic carbocycles. The highest BCUT2D eigenvalue weighted by Gasteiger charge is 2.32. The summed E-state index contributed by atoms with van der Waals surface area (Å²) in [6.07, 6.45) is 4.69. The Bertz CT molecular complexity index is 1150.